The molecule has 0 radical (unpaired) electrons. The number of hydrogen-bond donors (Lipinski definition) is 0. The van der Waals surface area contributed by atoms with Gasteiger partial charge < -0.3 is 8.98 Å². The largest absolute Gasteiger partial charge is 0.456 e. The zero-order valence-corrected chi connectivity index (χ0v) is 27.0. The van der Waals surface area contributed by atoms with Gasteiger partial charge in [-0.1, -0.05) is 116 Å². The lowest BCUT2D eigenvalue weighted by Gasteiger charge is -2.22. The molecular formula is C42H29N3OSi. The molecule has 47 heavy (non-hydrogen) atoms. The van der Waals surface area contributed by atoms with Crippen LogP contribution in [-0.4, -0.2) is 22.6 Å². The molecule has 0 unspecified atom stereocenters. The molecule has 0 amide bonds. The van der Waals surface area contributed by atoms with Crippen LogP contribution < -0.4 is 10.4 Å². The van der Waals surface area contributed by atoms with Crippen molar-refractivity contribution in [3.63, 3.8) is 0 Å². The first-order valence-electron chi connectivity index (χ1n) is 16.1. The Morgan fingerprint density at radius 3 is 2.09 bits per heavy atom. The standard InChI is InChI=1S/C42H29N3OSi/c1-47(2)36-23-13-9-19-30(36)40-41(47)39(26-14-4-3-5-15-26)43-42(44-40)28-17-7-11-21-32(28)45-31-20-10-6-16-27(31)37-33(45)24-25-35-38(37)29-18-8-12-22-34(29)46-35/h3-25H,1-2H3. The van der Waals surface area contributed by atoms with Gasteiger partial charge in [0, 0.05) is 32.7 Å². The van der Waals surface area contributed by atoms with Crippen LogP contribution >= 0.6 is 0 Å². The van der Waals surface area contributed by atoms with E-state index in [2.05, 4.69) is 145 Å². The Morgan fingerprint density at radius 1 is 0.532 bits per heavy atom. The summed E-state index contributed by atoms with van der Waals surface area (Å²) in [5, 5.41) is 7.40. The van der Waals surface area contributed by atoms with Crippen LogP contribution in [0.4, 0.5) is 0 Å². The Bertz CT molecular complexity index is 2720. The minimum Gasteiger partial charge on any atom is -0.456 e. The molecule has 222 valence electrons. The fourth-order valence-electron chi connectivity index (χ4n) is 7.93. The van der Waals surface area contributed by atoms with Crippen molar-refractivity contribution in [2.75, 3.05) is 0 Å². The molecule has 5 heteroatoms. The highest BCUT2D eigenvalue weighted by molar-refractivity contribution is 7.04. The average molecular weight is 620 g/mol. The summed E-state index contributed by atoms with van der Waals surface area (Å²) in [4.78, 5) is 10.9. The van der Waals surface area contributed by atoms with Crippen molar-refractivity contribution in [2.45, 2.75) is 13.1 Å². The van der Waals surface area contributed by atoms with Crippen LogP contribution in [0.15, 0.2) is 144 Å². The van der Waals surface area contributed by atoms with Gasteiger partial charge in [-0.25, -0.2) is 9.97 Å². The van der Waals surface area contributed by atoms with Crippen LogP contribution in [0.5, 0.6) is 0 Å². The molecule has 3 aromatic heterocycles. The summed E-state index contributed by atoms with van der Waals surface area (Å²) in [6.45, 7) is 4.86. The molecule has 0 spiro atoms. The van der Waals surface area contributed by atoms with Crippen molar-refractivity contribution in [2.24, 2.45) is 0 Å². The highest BCUT2D eigenvalue weighted by Gasteiger charge is 2.41. The van der Waals surface area contributed by atoms with E-state index in [1.165, 1.54) is 26.7 Å². The van der Waals surface area contributed by atoms with Crippen LogP contribution in [-0.2, 0) is 0 Å². The number of nitrogens with zero attached hydrogens (tertiary/aromatic N) is 3. The van der Waals surface area contributed by atoms with Crippen molar-refractivity contribution in [1.82, 2.24) is 14.5 Å². The summed E-state index contributed by atoms with van der Waals surface area (Å²) < 4.78 is 8.72. The van der Waals surface area contributed by atoms with Crippen LogP contribution in [0, 0.1) is 0 Å². The Labute approximate surface area is 272 Å². The predicted molar refractivity (Wildman–Crippen MR) is 197 cm³/mol. The molecule has 0 saturated heterocycles. The number of benzene rings is 6. The minimum absolute atomic E-state index is 0.737. The lowest BCUT2D eigenvalue weighted by molar-refractivity contribution is 0.669. The van der Waals surface area contributed by atoms with Gasteiger partial charge in [0.1, 0.15) is 19.2 Å². The summed E-state index contributed by atoms with van der Waals surface area (Å²) in [7, 11) is -2.05. The predicted octanol–water partition coefficient (Wildman–Crippen LogP) is 9.61. The van der Waals surface area contributed by atoms with Gasteiger partial charge in [0.05, 0.1) is 28.1 Å². The molecule has 0 fully saturated rings. The molecule has 0 N–H and O–H groups in total. The van der Waals surface area contributed by atoms with E-state index in [-0.39, 0.29) is 0 Å². The first-order valence-corrected chi connectivity index (χ1v) is 19.1. The molecule has 4 heterocycles. The van der Waals surface area contributed by atoms with Gasteiger partial charge in [0.15, 0.2) is 5.82 Å². The summed E-state index contributed by atoms with van der Waals surface area (Å²) in [6.07, 6.45) is 0. The van der Waals surface area contributed by atoms with Crippen LogP contribution in [0.2, 0.25) is 13.1 Å². The lowest BCUT2D eigenvalue weighted by Crippen LogP contribution is -2.50. The maximum Gasteiger partial charge on any atom is 0.162 e. The fourth-order valence-corrected chi connectivity index (χ4v) is 11.2. The molecule has 4 nitrogen and oxygen atoms in total. The monoisotopic (exact) mass is 619 g/mol. The Morgan fingerprint density at radius 2 is 1.21 bits per heavy atom. The average Bonchev–Trinajstić information content (AvgIpc) is 3.74. The number of aromatic nitrogens is 3. The summed E-state index contributed by atoms with van der Waals surface area (Å²) in [5.74, 6) is 0.737. The van der Waals surface area contributed by atoms with Crippen LogP contribution in [0.25, 0.3) is 83.3 Å². The van der Waals surface area contributed by atoms with E-state index in [4.69, 9.17) is 14.4 Å². The molecule has 6 aromatic carbocycles. The lowest BCUT2D eigenvalue weighted by atomic mass is 10.1. The van der Waals surface area contributed by atoms with Crippen LogP contribution in [0.1, 0.15) is 0 Å². The first kappa shape index (κ1) is 26.4. The van der Waals surface area contributed by atoms with E-state index in [1.807, 2.05) is 12.1 Å². The van der Waals surface area contributed by atoms with Gasteiger partial charge >= 0.3 is 0 Å². The van der Waals surface area contributed by atoms with E-state index in [0.717, 1.165) is 67.0 Å². The maximum absolute atomic E-state index is 6.33. The number of rotatable bonds is 3. The van der Waals surface area contributed by atoms with Crippen molar-refractivity contribution >= 4 is 62.2 Å². The second kappa shape index (κ2) is 9.61. The number of para-hydroxylation sites is 3. The quantitative estimate of drug-likeness (QED) is 0.185. The summed E-state index contributed by atoms with van der Waals surface area (Å²) >= 11 is 0. The molecule has 0 saturated carbocycles. The van der Waals surface area contributed by atoms with Crippen LogP contribution in [0.3, 0.4) is 0 Å². The van der Waals surface area contributed by atoms with E-state index >= 15 is 0 Å². The molecule has 9 aromatic rings. The molecule has 1 aliphatic rings. The van der Waals surface area contributed by atoms with Gasteiger partial charge in [-0.05, 0) is 52.3 Å². The Hall–Kier alpha value is -5.78. The third-order valence-electron chi connectivity index (χ3n) is 10.00. The zero-order chi connectivity index (χ0) is 31.3. The summed E-state index contributed by atoms with van der Waals surface area (Å²) in [5.41, 5.74) is 10.6. The number of fused-ring (bicyclic) bond motifs is 10. The molecule has 0 aliphatic carbocycles. The smallest absolute Gasteiger partial charge is 0.162 e. The molecule has 0 bridgehead atoms. The van der Waals surface area contributed by atoms with Crippen molar-refractivity contribution in [1.29, 1.82) is 0 Å². The number of furan rings is 1. The van der Waals surface area contributed by atoms with E-state index < -0.39 is 8.07 Å². The van der Waals surface area contributed by atoms with Gasteiger partial charge in [-0.15, -0.1) is 0 Å². The van der Waals surface area contributed by atoms with E-state index in [9.17, 15) is 0 Å². The van der Waals surface area contributed by atoms with Gasteiger partial charge in [0.2, 0.25) is 0 Å². The Kier molecular flexibility index (Phi) is 5.41. The molecule has 10 rings (SSSR count). The fraction of sp³-hybridized carbons (Fsp3) is 0.0476. The molecular weight excluding hydrogens is 591 g/mol. The van der Waals surface area contributed by atoms with Gasteiger partial charge in [-0.3, -0.25) is 0 Å². The summed E-state index contributed by atoms with van der Waals surface area (Å²) in [6, 6.07) is 49.3. The minimum atomic E-state index is -2.05. The Balaban J connectivity index is 1.30. The second-order valence-electron chi connectivity index (χ2n) is 13.0. The zero-order valence-electron chi connectivity index (χ0n) is 26.0. The molecule has 0 atom stereocenters. The van der Waals surface area contributed by atoms with Gasteiger partial charge in [0.25, 0.3) is 0 Å². The highest BCUT2D eigenvalue weighted by Crippen LogP contribution is 2.42. The van der Waals surface area contributed by atoms with Gasteiger partial charge in [-0.2, -0.15) is 0 Å². The third-order valence-corrected chi connectivity index (χ3v) is 13.5. The number of hydrogen-bond acceptors (Lipinski definition) is 3. The van der Waals surface area contributed by atoms with Crippen molar-refractivity contribution in [3.8, 4) is 39.6 Å². The van der Waals surface area contributed by atoms with Crippen molar-refractivity contribution in [3.05, 3.63) is 140 Å². The SMILES string of the molecule is C[Si]1(C)c2ccccc2-c2nc(-c3ccccc3-n3c4ccccc4c4c5c(ccc43)oc3ccccc35)nc(-c3ccccc3)c21. The van der Waals surface area contributed by atoms with E-state index in [0.29, 0.717) is 0 Å². The normalized spacial score (nSPS) is 13.5. The topological polar surface area (TPSA) is 43.9 Å². The highest BCUT2D eigenvalue weighted by atomic mass is 28.3. The van der Waals surface area contributed by atoms with Crippen molar-refractivity contribution < 1.29 is 4.42 Å². The third kappa shape index (κ3) is 3.63. The second-order valence-corrected chi connectivity index (χ2v) is 17.2. The van der Waals surface area contributed by atoms with E-state index in [1.54, 1.807) is 0 Å². The molecule has 1 aliphatic heterocycles. The first-order chi connectivity index (χ1) is 23.1. The maximum atomic E-state index is 6.33.